The Hall–Kier alpha value is -3.40. The Bertz CT molecular complexity index is 1450. The number of hydrogen-bond acceptors (Lipinski definition) is 6. The molecule has 0 saturated carbocycles. The van der Waals surface area contributed by atoms with E-state index >= 15 is 0 Å². The number of rotatable bonds is 7. The Morgan fingerprint density at radius 3 is 2.40 bits per heavy atom. The Morgan fingerprint density at radius 1 is 0.950 bits per heavy atom. The molecule has 1 fully saturated rings. The summed E-state index contributed by atoms with van der Waals surface area (Å²) in [5, 5.41) is 2.96. The van der Waals surface area contributed by atoms with Gasteiger partial charge in [0, 0.05) is 26.2 Å². The highest BCUT2D eigenvalue weighted by Crippen LogP contribution is 2.40. The summed E-state index contributed by atoms with van der Waals surface area (Å²) >= 11 is 0. The first-order chi connectivity index (χ1) is 19.1. The van der Waals surface area contributed by atoms with Crippen molar-refractivity contribution >= 4 is 21.6 Å². The zero-order chi connectivity index (χ0) is 28.3. The maximum atomic E-state index is 13.8. The summed E-state index contributed by atoms with van der Waals surface area (Å²) in [5.74, 6) is 0.00352. The minimum Gasteiger partial charge on any atom is -0.476 e. The van der Waals surface area contributed by atoms with Crippen LogP contribution in [0.15, 0.2) is 77.7 Å². The molecule has 1 amide bonds. The molecule has 1 atom stereocenters. The molecule has 3 aromatic carbocycles. The fraction of sp³-hybridized carbons (Fsp3) is 0.387. The average molecular weight is 564 g/mol. The van der Waals surface area contributed by atoms with Crippen LogP contribution in [0.3, 0.4) is 0 Å². The van der Waals surface area contributed by atoms with Crippen LogP contribution in [-0.4, -0.2) is 58.2 Å². The summed E-state index contributed by atoms with van der Waals surface area (Å²) in [7, 11) is -3.93. The van der Waals surface area contributed by atoms with E-state index in [2.05, 4.69) is 43.1 Å². The third-order valence-corrected chi connectivity index (χ3v) is 9.08. The fourth-order valence-corrected chi connectivity index (χ4v) is 6.45. The van der Waals surface area contributed by atoms with Gasteiger partial charge in [0.2, 0.25) is 0 Å². The van der Waals surface area contributed by atoms with Crippen LogP contribution in [-0.2, 0) is 38.1 Å². The van der Waals surface area contributed by atoms with Crippen LogP contribution >= 0.6 is 0 Å². The summed E-state index contributed by atoms with van der Waals surface area (Å²) in [6.45, 7) is 10.5. The number of ether oxygens (including phenoxy) is 2. The van der Waals surface area contributed by atoms with Crippen molar-refractivity contribution in [1.82, 2.24) is 10.2 Å². The lowest BCUT2D eigenvalue weighted by molar-refractivity contribution is -0.127. The van der Waals surface area contributed by atoms with Crippen LogP contribution in [0.2, 0.25) is 0 Å². The SMILES string of the molecule is CC(C)(C)c1ccc2c(c1)N(S(=O)(=O)c1ccccc1)C[C@@H](C(=O)NCc1cccc(CN3CCOCC3)c1)O2. The largest absolute Gasteiger partial charge is 0.476 e. The van der Waals surface area contributed by atoms with Crippen LogP contribution < -0.4 is 14.4 Å². The molecule has 212 valence electrons. The van der Waals surface area contributed by atoms with Crippen molar-refractivity contribution < 1.29 is 22.7 Å². The van der Waals surface area contributed by atoms with E-state index in [1.54, 1.807) is 36.4 Å². The van der Waals surface area contributed by atoms with E-state index in [9.17, 15) is 13.2 Å². The topological polar surface area (TPSA) is 88.2 Å². The van der Waals surface area contributed by atoms with E-state index in [1.807, 2.05) is 24.3 Å². The Morgan fingerprint density at radius 2 is 1.68 bits per heavy atom. The first-order valence-electron chi connectivity index (χ1n) is 13.7. The molecule has 0 aliphatic carbocycles. The molecule has 5 rings (SSSR count). The van der Waals surface area contributed by atoms with Gasteiger partial charge in [0.1, 0.15) is 5.75 Å². The van der Waals surface area contributed by atoms with Gasteiger partial charge in [0.25, 0.3) is 15.9 Å². The summed E-state index contributed by atoms with van der Waals surface area (Å²) in [5.41, 5.74) is 3.37. The highest BCUT2D eigenvalue weighted by atomic mass is 32.2. The van der Waals surface area contributed by atoms with Gasteiger partial charge in [-0.1, -0.05) is 69.3 Å². The maximum Gasteiger partial charge on any atom is 0.264 e. The van der Waals surface area contributed by atoms with Crippen LogP contribution in [0.5, 0.6) is 5.75 Å². The molecular weight excluding hydrogens is 526 g/mol. The standard InChI is InChI=1S/C31H37N3O5S/c1-31(2,3)25-12-13-28-27(19-25)34(40(36,37)26-10-5-4-6-11-26)22-29(39-28)30(35)32-20-23-8-7-9-24(18-23)21-33-14-16-38-17-15-33/h4-13,18-19,29H,14-17,20-22H2,1-3H3,(H,32,35)/t29-/m0/s1. The number of carbonyl (C=O) groups excluding carboxylic acids is 1. The van der Waals surface area contributed by atoms with E-state index in [4.69, 9.17) is 9.47 Å². The second kappa shape index (κ2) is 11.6. The second-order valence-electron chi connectivity index (χ2n) is 11.3. The maximum absolute atomic E-state index is 13.8. The van der Waals surface area contributed by atoms with Crippen LogP contribution in [0.25, 0.3) is 0 Å². The van der Waals surface area contributed by atoms with Gasteiger partial charge in [-0.05, 0) is 46.4 Å². The van der Waals surface area contributed by atoms with Gasteiger partial charge in [0.05, 0.1) is 30.3 Å². The van der Waals surface area contributed by atoms with E-state index in [-0.39, 0.29) is 22.8 Å². The van der Waals surface area contributed by atoms with Gasteiger partial charge in [-0.15, -0.1) is 0 Å². The average Bonchev–Trinajstić information content (AvgIpc) is 2.95. The number of nitrogens with zero attached hydrogens (tertiary/aromatic N) is 2. The Balaban J connectivity index is 1.35. The lowest BCUT2D eigenvalue weighted by Crippen LogP contribution is -2.50. The van der Waals surface area contributed by atoms with Gasteiger partial charge >= 0.3 is 0 Å². The number of amides is 1. The first kappa shape index (κ1) is 28.1. The number of nitrogens with one attached hydrogen (secondary N) is 1. The summed E-state index contributed by atoms with van der Waals surface area (Å²) in [6.07, 6.45) is -0.997. The molecule has 2 aliphatic heterocycles. The number of benzene rings is 3. The molecule has 8 nitrogen and oxygen atoms in total. The van der Waals surface area contributed by atoms with Gasteiger partial charge in [-0.25, -0.2) is 8.42 Å². The molecule has 0 bridgehead atoms. The summed E-state index contributed by atoms with van der Waals surface area (Å²) in [6, 6.07) is 22.0. The zero-order valence-corrected chi connectivity index (χ0v) is 24.1. The van der Waals surface area contributed by atoms with Crippen molar-refractivity contribution in [2.75, 3.05) is 37.2 Å². The normalized spacial score (nSPS) is 18.1. The monoisotopic (exact) mass is 563 g/mol. The second-order valence-corrected chi connectivity index (χ2v) is 13.2. The molecule has 0 radical (unpaired) electrons. The lowest BCUT2D eigenvalue weighted by atomic mass is 9.86. The number of morpholine rings is 1. The minimum absolute atomic E-state index is 0.124. The highest BCUT2D eigenvalue weighted by molar-refractivity contribution is 7.92. The molecule has 0 unspecified atom stereocenters. The van der Waals surface area contributed by atoms with Gasteiger partial charge < -0.3 is 14.8 Å². The van der Waals surface area contributed by atoms with Gasteiger partial charge in [0.15, 0.2) is 6.10 Å². The molecule has 1 N–H and O–H groups in total. The van der Waals surface area contributed by atoms with Crippen molar-refractivity contribution in [1.29, 1.82) is 0 Å². The number of anilines is 1. The van der Waals surface area contributed by atoms with Gasteiger partial charge in [-0.2, -0.15) is 0 Å². The van der Waals surface area contributed by atoms with Crippen molar-refractivity contribution in [3.63, 3.8) is 0 Å². The lowest BCUT2D eigenvalue weighted by Gasteiger charge is -2.36. The van der Waals surface area contributed by atoms with Crippen molar-refractivity contribution in [2.45, 2.75) is 50.3 Å². The molecule has 2 aliphatic rings. The molecule has 9 heteroatoms. The molecule has 0 aromatic heterocycles. The van der Waals surface area contributed by atoms with Crippen molar-refractivity contribution in [3.8, 4) is 5.75 Å². The molecule has 3 aromatic rings. The number of fused-ring (bicyclic) bond motifs is 1. The van der Waals surface area contributed by atoms with Crippen molar-refractivity contribution in [2.24, 2.45) is 0 Å². The van der Waals surface area contributed by atoms with Gasteiger partial charge in [-0.3, -0.25) is 14.0 Å². The van der Waals surface area contributed by atoms with Crippen LogP contribution in [0.1, 0.15) is 37.5 Å². The Labute approximate surface area is 236 Å². The Kier molecular flexibility index (Phi) is 8.16. The smallest absolute Gasteiger partial charge is 0.264 e. The van der Waals surface area contributed by atoms with E-state index in [1.165, 1.54) is 9.87 Å². The predicted molar refractivity (Wildman–Crippen MR) is 155 cm³/mol. The molecule has 1 saturated heterocycles. The third kappa shape index (κ3) is 6.32. The fourth-order valence-electron chi connectivity index (χ4n) is 4.96. The number of hydrogen-bond donors (Lipinski definition) is 1. The highest BCUT2D eigenvalue weighted by Gasteiger charge is 2.38. The van der Waals surface area contributed by atoms with Crippen LogP contribution in [0, 0.1) is 0 Å². The first-order valence-corrected chi connectivity index (χ1v) is 15.1. The minimum atomic E-state index is -3.93. The predicted octanol–water partition coefficient (Wildman–Crippen LogP) is 4.09. The third-order valence-electron chi connectivity index (χ3n) is 7.29. The summed E-state index contributed by atoms with van der Waals surface area (Å²) in [4.78, 5) is 15.9. The molecular formula is C31H37N3O5S. The zero-order valence-electron chi connectivity index (χ0n) is 23.3. The molecule has 2 heterocycles. The number of carbonyl (C=O) groups is 1. The van der Waals surface area contributed by atoms with Crippen LogP contribution in [0.4, 0.5) is 5.69 Å². The van der Waals surface area contributed by atoms with E-state index < -0.39 is 16.1 Å². The summed E-state index contributed by atoms with van der Waals surface area (Å²) < 4.78 is 40.4. The quantitative estimate of drug-likeness (QED) is 0.466. The van der Waals surface area contributed by atoms with E-state index in [0.29, 0.717) is 18.0 Å². The number of sulfonamides is 1. The van der Waals surface area contributed by atoms with E-state index in [0.717, 1.165) is 44.0 Å². The molecule has 0 spiro atoms. The van der Waals surface area contributed by atoms with Crippen molar-refractivity contribution in [3.05, 3.63) is 89.5 Å². The molecule has 40 heavy (non-hydrogen) atoms.